The van der Waals surface area contributed by atoms with Gasteiger partial charge in [0.25, 0.3) is 0 Å². The van der Waals surface area contributed by atoms with Crippen molar-refractivity contribution in [2.75, 3.05) is 0 Å². The standard InChI is InChI=1S/C9H12.Na.H/c1-8(2)9-6-4-3-5-7-9;;/h3-8H,1-2H3;;. The molecule has 0 aliphatic heterocycles. The van der Waals surface area contributed by atoms with Gasteiger partial charge in [0.05, 0.1) is 0 Å². The Hall–Kier alpha value is 0.220. The number of hydrogen-bond acceptors (Lipinski definition) is 0. The first kappa shape index (κ1) is 10.2. The van der Waals surface area contributed by atoms with Crippen molar-refractivity contribution >= 4 is 29.6 Å². The van der Waals surface area contributed by atoms with Gasteiger partial charge in [-0.25, -0.2) is 0 Å². The van der Waals surface area contributed by atoms with Gasteiger partial charge in [-0.05, 0) is 11.5 Å². The summed E-state index contributed by atoms with van der Waals surface area (Å²) in [5.74, 6) is 0.659. The minimum absolute atomic E-state index is 0. The summed E-state index contributed by atoms with van der Waals surface area (Å²) in [6.45, 7) is 4.41. The number of rotatable bonds is 1. The summed E-state index contributed by atoms with van der Waals surface area (Å²) in [5, 5.41) is 0. The van der Waals surface area contributed by atoms with Crippen molar-refractivity contribution in [3.05, 3.63) is 35.9 Å². The van der Waals surface area contributed by atoms with Crippen molar-refractivity contribution in [1.82, 2.24) is 0 Å². The summed E-state index contributed by atoms with van der Waals surface area (Å²) in [4.78, 5) is 0. The molecule has 0 atom stereocenters. The van der Waals surface area contributed by atoms with E-state index in [1.165, 1.54) is 5.56 Å². The van der Waals surface area contributed by atoms with Gasteiger partial charge in [-0.1, -0.05) is 44.2 Å². The molecule has 0 saturated heterocycles. The maximum absolute atomic E-state index is 2.20. The van der Waals surface area contributed by atoms with Crippen molar-refractivity contribution in [1.29, 1.82) is 0 Å². The molecule has 0 bridgehead atoms. The molecule has 0 heterocycles. The monoisotopic (exact) mass is 144 g/mol. The summed E-state index contributed by atoms with van der Waals surface area (Å²) in [5.41, 5.74) is 1.41. The Morgan fingerprint density at radius 3 is 1.80 bits per heavy atom. The summed E-state index contributed by atoms with van der Waals surface area (Å²) in [6, 6.07) is 10.5. The van der Waals surface area contributed by atoms with E-state index in [2.05, 4.69) is 38.1 Å². The first-order chi connectivity index (χ1) is 4.30. The molecule has 0 spiro atoms. The Bertz CT molecular complexity index is 167. The molecule has 0 aromatic heterocycles. The Balaban J connectivity index is 0.000000810. The summed E-state index contributed by atoms with van der Waals surface area (Å²) in [7, 11) is 0. The minimum atomic E-state index is 0. The molecule has 0 amide bonds. The van der Waals surface area contributed by atoms with Gasteiger partial charge < -0.3 is 0 Å². The molecule has 1 rings (SSSR count). The maximum atomic E-state index is 2.20. The summed E-state index contributed by atoms with van der Waals surface area (Å²) >= 11 is 0. The number of hydrogen-bond donors (Lipinski definition) is 0. The molecule has 0 saturated carbocycles. The van der Waals surface area contributed by atoms with E-state index in [0.29, 0.717) is 5.92 Å². The predicted molar refractivity (Wildman–Crippen MR) is 47.7 cm³/mol. The molecule has 0 unspecified atom stereocenters. The van der Waals surface area contributed by atoms with Crippen LogP contribution in [0, 0.1) is 0 Å². The van der Waals surface area contributed by atoms with Crippen LogP contribution in [0.25, 0.3) is 0 Å². The molecular weight excluding hydrogens is 131 g/mol. The normalized spacial score (nSPS) is 9.10. The summed E-state index contributed by atoms with van der Waals surface area (Å²) in [6.07, 6.45) is 0. The zero-order valence-corrected chi connectivity index (χ0v) is 5.96. The molecule has 10 heavy (non-hydrogen) atoms. The van der Waals surface area contributed by atoms with Crippen LogP contribution in [0.1, 0.15) is 25.3 Å². The van der Waals surface area contributed by atoms with Crippen LogP contribution in [0.4, 0.5) is 0 Å². The second kappa shape index (κ2) is 4.95. The topological polar surface area (TPSA) is 0 Å². The summed E-state index contributed by atoms with van der Waals surface area (Å²) < 4.78 is 0. The van der Waals surface area contributed by atoms with Gasteiger partial charge in [-0.2, -0.15) is 0 Å². The van der Waals surface area contributed by atoms with Gasteiger partial charge in [0, 0.05) is 0 Å². The second-order valence-electron chi connectivity index (χ2n) is 2.57. The van der Waals surface area contributed by atoms with Gasteiger partial charge >= 0.3 is 29.6 Å². The zero-order valence-electron chi connectivity index (χ0n) is 5.96. The average molecular weight is 144 g/mol. The van der Waals surface area contributed by atoms with Gasteiger partial charge in [0.15, 0.2) is 0 Å². The average Bonchev–Trinajstić information content (AvgIpc) is 1.90. The van der Waals surface area contributed by atoms with E-state index in [1.807, 2.05) is 6.07 Å². The molecule has 0 nitrogen and oxygen atoms in total. The Labute approximate surface area is 84.9 Å². The van der Waals surface area contributed by atoms with E-state index in [0.717, 1.165) is 0 Å². The third-order valence-electron chi connectivity index (χ3n) is 1.47. The Kier molecular flexibility index (Phi) is 5.06. The van der Waals surface area contributed by atoms with Crippen LogP contribution in [0.5, 0.6) is 0 Å². The van der Waals surface area contributed by atoms with Crippen molar-refractivity contribution in [2.45, 2.75) is 19.8 Å². The molecule has 1 aromatic carbocycles. The zero-order chi connectivity index (χ0) is 6.69. The van der Waals surface area contributed by atoms with Gasteiger partial charge in [-0.3, -0.25) is 0 Å². The molecule has 0 aliphatic rings. The van der Waals surface area contributed by atoms with Gasteiger partial charge in [-0.15, -0.1) is 0 Å². The van der Waals surface area contributed by atoms with Crippen LogP contribution in [0.15, 0.2) is 30.3 Å². The van der Waals surface area contributed by atoms with E-state index in [9.17, 15) is 0 Å². The van der Waals surface area contributed by atoms with Crippen molar-refractivity contribution in [2.24, 2.45) is 0 Å². The van der Waals surface area contributed by atoms with Crippen LogP contribution in [0.2, 0.25) is 0 Å². The van der Waals surface area contributed by atoms with Crippen LogP contribution >= 0.6 is 0 Å². The van der Waals surface area contributed by atoms with Gasteiger partial charge in [0.2, 0.25) is 0 Å². The first-order valence-corrected chi connectivity index (χ1v) is 3.35. The Morgan fingerprint density at radius 1 is 1.00 bits per heavy atom. The fourth-order valence-electron chi connectivity index (χ4n) is 0.838. The van der Waals surface area contributed by atoms with E-state index < -0.39 is 0 Å². The third kappa shape index (κ3) is 2.87. The van der Waals surface area contributed by atoms with E-state index >= 15 is 0 Å². The van der Waals surface area contributed by atoms with Crippen LogP contribution in [0.3, 0.4) is 0 Å². The SMILES string of the molecule is CC(C)c1ccccc1.[NaH]. The molecule has 0 aliphatic carbocycles. The first-order valence-electron chi connectivity index (χ1n) is 3.35. The molecule has 0 N–H and O–H groups in total. The predicted octanol–water partition coefficient (Wildman–Crippen LogP) is 2.16. The molecule has 1 heteroatoms. The number of benzene rings is 1. The van der Waals surface area contributed by atoms with Crippen LogP contribution in [-0.2, 0) is 0 Å². The molecule has 0 radical (unpaired) electrons. The fourth-order valence-corrected chi connectivity index (χ4v) is 0.838. The van der Waals surface area contributed by atoms with E-state index in [-0.39, 0.29) is 29.6 Å². The van der Waals surface area contributed by atoms with Crippen molar-refractivity contribution in [3.8, 4) is 0 Å². The van der Waals surface area contributed by atoms with Crippen molar-refractivity contribution in [3.63, 3.8) is 0 Å². The molecule has 50 valence electrons. The van der Waals surface area contributed by atoms with Crippen LogP contribution in [-0.4, -0.2) is 29.6 Å². The fraction of sp³-hybridized carbons (Fsp3) is 0.333. The second-order valence-corrected chi connectivity index (χ2v) is 2.57. The van der Waals surface area contributed by atoms with Gasteiger partial charge in [0.1, 0.15) is 0 Å². The quantitative estimate of drug-likeness (QED) is 0.530. The van der Waals surface area contributed by atoms with Crippen molar-refractivity contribution < 1.29 is 0 Å². The van der Waals surface area contributed by atoms with Crippen LogP contribution < -0.4 is 0 Å². The molecule has 1 aromatic rings. The Morgan fingerprint density at radius 2 is 1.50 bits per heavy atom. The molecule has 0 fully saturated rings. The van der Waals surface area contributed by atoms with E-state index in [1.54, 1.807) is 0 Å². The third-order valence-corrected chi connectivity index (χ3v) is 1.47. The molecular formula is C9H13Na. The van der Waals surface area contributed by atoms with E-state index in [4.69, 9.17) is 0 Å².